The maximum atomic E-state index is 7.11. The minimum absolute atomic E-state index is 0.0683. The lowest BCUT2D eigenvalue weighted by Gasteiger charge is -2.30. The van der Waals surface area contributed by atoms with Crippen molar-refractivity contribution >= 4 is 6.21 Å². The van der Waals surface area contributed by atoms with Gasteiger partial charge in [0.2, 0.25) is 0 Å². The van der Waals surface area contributed by atoms with E-state index in [1.54, 1.807) is 0 Å². The summed E-state index contributed by atoms with van der Waals surface area (Å²) in [4.78, 5) is 0. The van der Waals surface area contributed by atoms with Crippen LogP contribution < -0.4 is 11.1 Å². The normalized spacial score (nSPS) is 31.6. The molecule has 4 N–H and O–H groups in total. The average molecular weight is 169 g/mol. The Morgan fingerprint density at radius 3 is 3.00 bits per heavy atom. The van der Waals surface area contributed by atoms with Crippen molar-refractivity contribution in [1.82, 2.24) is 5.32 Å². The molecule has 0 aromatic rings. The first-order valence-electron chi connectivity index (χ1n) is 4.07. The van der Waals surface area contributed by atoms with Crippen LogP contribution in [0.1, 0.15) is 6.92 Å². The van der Waals surface area contributed by atoms with Crippen molar-refractivity contribution in [3.05, 3.63) is 11.8 Å². The summed E-state index contributed by atoms with van der Waals surface area (Å²) in [6, 6.07) is 0.232. The lowest BCUT2D eigenvalue weighted by atomic mass is 10.0. The molecule has 0 aliphatic carbocycles. The molecule has 2 atom stereocenters. The van der Waals surface area contributed by atoms with Crippen LogP contribution in [0.5, 0.6) is 0 Å². The van der Waals surface area contributed by atoms with Gasteiger partial charge in [0.1, 0.15) is 6.10 Å². The first-order chi connectivity index (χ1) is 5.79. The van der Waals surface area contributed by atoms with Crippen molar-refractivity contribution in [2.75, 3.05) is 13.2 Å². The third kappa shape index (κ3) is 1.84. The molecule has 68 valence electrons. The van der Waals surface area contributed by atoms with Crippen molar-refractivity contribution in [3.63, 3.8) is 0 Å². The molecule has 0 spiro atoms. The lowest BCUT2D eigenvalue weighted by molar-refractivity contribution is 0.0280. The van der Waals surface area contributed by atoms with Crippen LogP contribution in [0.4, 0.5) is 0 Å². The summed E-state index contributed by atoms with van der Waals surface area (Å²) < 4.78 is 5.47. The number of rotatable bonds is 2. The van der Waals surface area contributed by atoms with Gasteiger partial charge in [0, 0.05) is 30.6 Å². The van der Waals surface area contributed by atoms with Crippen LogP contribution in [0.25, 0.3) is 0 Å². The van der Waals surface area contributed by atoms with E-state index in [0.29, 0.717) is 6.61 Å². The quantitative estimate of drug-likeness (QED) is 0.504. The minimum atomic E-state index is -0.0683. The zero-order valence-electron chi connectivity index (χ0n) is 7.21. The highest BCUT2D eigenvalue weighted by Crippen LogP contribution is 2.11. The maximum Gasteiger partial charge on any atom is 0.100 e. The molecule has 12 heavy (non-hydrogen) atoms. The molecule has 4 heteroatoms. The van der Waals surface area contributed by atoms with Crippen molar-refractivity contribution in [2.24, 2.45) is 5.73 Å². The predicted molar refractivity (Wildman–Crippen MR) is 48.3 cm³/mol. The monoisotopic (exact) mass is 169 g/mol. The molecule has 1 fully saturated rings. The van der Waals surface area contributed by atoms with E-state index in [-0.39, 0.29) is 12.1 Å². The summed E-state index contributed by atoms with van der Waals surface area (Å²) in [5.74, 6) is 0. The average Bonchev–Trinajstić information content (AvgIpc) is 2.10. The Labute approximate surface area is 72.3 Å². The molecular weight excluding hydrogens is 154 g/mol. The highest BCUT2D eigenvalue weighted by atomic mass is 16.5. The number of hydrogen-bond acceptors (Lipinski definition) is 4. The standard InChI is InChI=1S/C8H15N3O/c1-6-8(7(4-9)5-10)12-3-2-11-6/h4-6,8-9,11H,2-3,10H2,1H3/b7-5+,9-4?. The minimum Gasteiger partial charge on any atom is -0.404 e. The van der Waals surface area contributed by atoms with E-state index < -0.39 is 0 Å². The number of nitrogens with one attached hydrogen (secondary N) is 2. The van der Waals surface area contributed by atoms with E-state index in [4.69, 9.17) is 15.9 Å². The fraction of sp³-hybridized carbons (Fsp3) is 0.625. The summed E-state index contributed by atoms with van der Waals surface area (Å²) in [6.45, 7) is 3.57. The van der Waals surface area contributed by atoms with E-state index in [9.17, 15) is 0 Å². The van der Waals surface area contributed by atoms with Crippen LogP contribution in [0.2, 0.25) is 0 Å². The van der Waals surface area contributed by atoms with Crippen LogP contribution >= 0.6 is 0 Å². The maximum absolute atomic E-state index is 7.11. The van der Waals surface area contributed by atoms with E-state index in [2.05, 4.69) is 5.32 Å². The Hall–Kier alpha value is -0.870. The van der Waals surface area contributed by atoms with Crippen LogP contribution in [0, 0.1) is 5.41 Å². The van der Waals surface area contributed by atoms with Gasteiger partial charge in [-0.1, -0.05) is 0 Å². The lowest BCUT2D eigenvalue weighted by Crippen LogP contribution is -2.47. The molecule has 0 radical (unpaired) electrons. The Morgan fingerprint density at radius 2 is 2.50 bits per heavy atom. The van der Waals surface area contributed by atoms with Crippen LogP contribution in [-0.2, 0) is 4.74 Å². The van der Waals surface area contributed by atoms with Gasteiger partial charge in [0.25, 0.3) is 0 Å². The smallest absolute Gasteiger partial charge is 0.100 e. The highest BCUT2D eigenvalue weighted by molar-refractivity contribution is 5.77. The molecule has 1 rings (SSSR count). The summed E-state index contributed by atoms with van der Waals surface area (Å²) in [7, 11) is 0. The summed E-state index contributed by atoms with van der Waals surface area (Å²) in [5, 5.41) is 10.4. The number of morpholine rings is 1. The third-order valence-corrected chi connectivity index (χ3v) is 2.01. The van der Waals surface area contributed by atoms with Crippen molar-refractivity contribution in [3.8, 4) is 0 Å². The number of ether oxygens (including phenoxy) is 1. The molecule has 0 saturated carbocycles. The molecule has 0 bridgehead atoms. The van der Waals surface area contributed by atoms with E-state index in [1.165, 1.54) is 12.4 Å². The van der Waals surface area contributed by atoms with Crippen LogP contribution in [-0.4, -0.2) is 31.5 Å². The van der Waals surface area contributed by atoms with Crippen molar-refractivity contribution < 1.29 is 4.74 Å². The van der Waals surface area contributed by atoms with Gasteiger partial charge in [-0.05, 0) is 6.92 Å². The van der Waals surface area contributed by atoms with Crippen LogP contribution in [0.3, 0.4) is 0 Å². The van der Waals surface area contributed by atoms with E-state index in [1.807, 2.05) is 6.92 Å². The molecular formula is C8H15N3O. The van der Waals surface area contributed by atoms with Crippen LogP contribution in [0.15, 0.2) is 11.8 Å². The largest absolute Gasteiger partial charge is 0.404 e. The molecule has 0 aromatic heterocycles. The molecule has 1 aliphatic rings. The van der Waals surface area contributed by atoms with Crippen molar-refractivity contribution in [1.29, 1.82) is 5.41 Å². The molecule has 0 amide bonds. The van der Waals surface area contributed by atoms with Gasteiger partial charge in [0.05, 0.1) is 6.61 Å². The number of nitrogens with two attached hydrogens (primary N) is 1. The van der Waals surface area contributed by atoms with Gasteiger partial charge in [-0.3, -0.25) is 0 Å². The molecule has 2 unspecified atom stereocenters. The zero-order valence-corrected chi connectivity index (χ0v) is 7.21. The third-order valence-electron chi connectivity index (χ3n) is 2.01. The topological polar surface area (TPSA) is 71.1 Å². The van der Waals surface area contributed by atoms with Gasteiger partial charge >= 0.3 is 0 Å². The Balaban J connectivity index is 2.64. The zero-order chi connectivity index (χ0) is 8.97. The highest BCUT2D eigenvalue weighted by Gasteiger charge is 2.23. The molecule has 1 saturated heterocycles. The van der Waals surface area contributed by atoms with Gasteiger partial charge in [-0.25, -0.2) is 0 Å². The fourth-order valence-electron chi connectivity index (χ4n) is 1.33. The van der Waals surface area contributed by atoms with Gasteiger partial charge < -0.3 is 21.2 Å². The second-order valence-electron chi connectivity index (χ2n) is 2.85. The summed E-state index contributed by atoms with van der Waals surface area (Å²) >= 11 is 0. The van der Waals surface area contributed by atoms with Gasteiger partial charge in [-0.15, -0.1) is 0 Å². The van der Waals surface area contributed by atoms with Crippen molar-refractivity contribution in [2.45, 2.75) is 19.1 Å². The fourth-order valence-corrected chi connectivity index (χ4v) is 1.33. The Kier molecular flexibility index (Phi) is 3.25. The molecule has 4 nitrogen and oxygen atoms in total. The molecule has 1 aliphatic heterocycles. The first kappa shape index (κ1) is 9.22. The molecule has 1 heterocycles. The summed E-state index contributed by atoms with van der Waals surface area (Å²) in [6.07, 6.45) is 2.61. The van der Waals surface area contributed by atoms with Gasteiger partial charge in [0.15, 0.2) is 0 Å². The predicted octanol–water partition coefficient (Wildman–Crippen LogP) is -0.145. The van der Waals surface area contributed by atoms with E-state index >= 15 is 0 Å². The second-order valence-corrected chi connectivity index (χ2v) is 2.85. The second kappa shape index (κ2) is 4.23. The number of hydrogen-bond donors (Lipinski definition) is 3. The van der Waals surface area contributed by atoms with E-state index in [0.717, 1.165) is 12.1 Å². The molecule has 0 aromatic carbocycles. The Morgan fingerprint density at radius 1 is 1.75 bits per heavy atom. The Bertz CT molecular complexity index is 191. The van der Waals surface area contributed by atoms with Gasteiger partial charge in [-0.2, -0.15) is 0 Å². The SMILES string of the molecule is CC1NCCOC1/C(C=N)=C/N. The first-order valence-corrected chi connectivity index (χ1v) is 4.07. The summed E-state index contributed by atoms with van der Waals surface area (Å²) in [5.41, 5.74) is 6.09.